The van der Waals surface area contributed by atoms with E-state index in [-0.39, 0.29) is 17.2 Å². The molecule has 39 heavy (non-hydrogen) atoms. The molecule has 1 saturated carbocycles. The fourth-order valence-corrected chi connectivity index (χ4v) is 5.59. The van der Waals surface area contributed by atoms with Gasteiger partial charge in [0.15, 0.2) is 0 Å². The van der Waals surface area contributed by atoms with Gasteiger partial charge in [0.05, 0.1) is 28.4 Å². The number of carbonyl (C=O) groups is 3. The molecular weight excluding hydrogens is 543 g/mol. The minimum atomic E-state index is -1.83. The molecule has 0 saturated heterocycles. The van der Waals surface area contributed by atoms with Crippen molar-refractivity contribution in [1.29, 1.82) is 0 Å². The van der Waals surface area contributed by atoms with Gasteiger partial charge in [0.1, 0.15) is 6.04 Å². The van der Waals surface area contributed by atoms with E-state index in [2.05, 4.69) is 26.1 Å². The molecule has 208 valence electrons. The molecule has 0 aliphatic heterocycles. The molecule has 2 aromatic carbocycles. The van der Waals surface area contributed by atoms with Gasteiger partial charge < -0.3 is 20.3 Å². The number of nitrogens with zero attached hydrogens (tertiary/aromatic N) is 1. The number of esters is 1. The monoisotopic (exact) mass is 574 g/mol. The molecule has 4 rings (SSSR count). The first-order valence-electron chi connectivity index (χ1n) is 12.5. The average molecular weight is 575 g/mol. The Hall–Kier alpha value is -3.36. The van der Waals surface area contributed by atoms with Gasteiger partial charge in [0.2, 0.25) is 5.91 Å². The van der Waals surface area contributed by atoms with E-state index >= 15 is 0 Å². The highest BCUT2D eigenvalue weighted by molar-refractivity contribution is 6.39. The van der Waals surface area contributed by atoms with Crippen molar-refractivity contribution in [3.05, 3.63) is 64.1 Å². The van der Waals surface area contributed by atoms with Gasteiger partial charge in [0, 0.05) is 23.3 Å². The summed E-state index contributed by atoms with van der Waals surface area (Å²) in [6.07, 6.45) is 0.329. The van der Waals surface area contributed by atoms with E-state index in [4.69, 9.17) is 47.9 Å². The summed E-state index contributed by atoms with van der Waals surface area (Å²) in [5, 5.41) is 18.9. The summed E-state index contributed by atoms with van der Waals surface area (Å²) >= 11 is 12.7. The van der Waals surface area contributed by atoms with Crippen molar-refractivity contribution in [2.75, 3.05) is 7.11 Å². The number of benzene rings is 2. The van der Waals surface area contributed by atoms with Gasteiger partial charge >= 0.3 is 12.1 Å². The molecule has 1 aliphatic rings. The second kappa shape index (κ2) is 12.7. The molecule has 3 aromatic rings. The average Bonchev–Trinajstić information content (AvgIpc) is 3.14. The van der Waals surface area contributed by atoms with E-state index in [0.29, 0.717) is 33.6 Å². The van der Waals surface area contributed by atoms with Crippen molar-refractivity contribution in [1.82, 2.24) is 10.3 Å². The third kappa shape index (κ3) is 7.19. The Morgan fingerprint density at radius 2 is 1.72 bits per heavy atom. The summed E-state index contributed by atoms with van der Waals surface area (Å²) in [6, 6.07) is 14.2. The van der Waals surface area contributed by atoms with Crippen LogP contribution in [0.15, 0.2) is 48.5 Å². The van der Waals surface area contributed by atoms with Crippen LogP contribution in [-0.2, 0) is 20.7 Å². The van der Waals surface area contributed by atoms with Crippen LogP contribution in [0.3, 0.4) is 0 Å². The Balaban J connectivity index is 0.000000983. The second-order valence-corrected chi connectivity index (χ2v) is 11.1. The number of methoxy groups -OCH3 is 1. The number of rotatable bonds is 6. The molecule has 0 unspecified atom stereocenters. The highest BCUT2D eigenvalue weighted by Crippen LogP contribution is 2.47. The van der Waals surface area contributed by atoms with Crippen molar-refractivity contribution in [3.63, 3.8) is 0 Å². The van der Waals surface area contributed by atoms with E-state index in [9.17, 15) is 9.59 Å². The largest absolute Gasteiger partial charge is 0.503 e. The van der Waals surface area contributed by atoms with E-state index in [1.807, 2.05) is 30.3 Å². The lowest BCUT2D eigenvalue weighted by molar-refractivity contribution is -0.146. The van der Waals surface area contributed by atoms with Crippen LogP contribution in [0, 0.1) is 17.3 Å². The predicted molar refractivity (Wildman–Crippen MR) is 151 cm³/mol. The molecule has 1 amide bonds. The van der Waals surface area contributed by atoms with Gasteiger partial charge in [-0.25, -0.2) is 14.6 Å². The zero-order valence-corrected chi connectivity index (χ0v) is 23.7. The SMILES string of the molecule is COC(=O)[C@H](Cc1ccc2nc(-c3c(Cl)cccc3Cl)ccc2c1)NC(=O)[C@H]1CC[C@@H](C)C1(C)C.O=C(O)O. The number of halogens is 2. The van der Waals surface area contributed by atoms with Crippen molar-refractivity contribution in [3.8, 4) is 11.3 Å². The molecule has 8 nitrogen and oxygen atoms in total. The van der Waals surface area contributed by atoms with Crippen molar-refractivity contribution in [2.24, 2.45) is 17.3 Å². The fraction of sp³-hybridized carbons (Fsp3) is 0.379. The minimum Gasteiger partial charge on any atom is -0.467 e. The van der Waals surface area contributed by atoms with E-state index < -0.39 is 18.2 Å². The van der Waals surface area contributed by atoms with E-state index in [1.54, 1.807) is 18.2 Å². The number of amides is 1. The molecule has 1 heterocycles. The molecule has 1 aromatic heterocycles. The van der Waals surface area contributed by atoms with Gasteiger partial charge in [-0.15, -0.1) is 0 Å². The molecule has 1 fully saturated rings. The minimum absolute atomic E-state index is 0.0848. The molecule has 0 bridgehead atoms. The van der Waals surface area contributed by atoms with Gasteiger partial charge in [0.25, 0.3) is 0 Å². The Bertz CT molecular complexity index is 1350. The lowest BCUT2D eigenvalue weighted by Gasteiger charge is -2.31. The summed E-state index contributed by atoms with van der Waals surface area (Å²) in [5.74, 6) is -0.212. The Morgan fingerprint density at radius 3 is 2.28 bits per heavy atom. The molecule has 0 radical (unpaired) electrons. The van der Waals surface area contributed by atoms with Crippen LogP contribution in [0.1, 0.15) is 39.2 Å². The number of ether oxygens (including phenoxy) is 1. The summed E-state index contributed by atoms with van der Waals surface area (Å²) in [4.78, 5) is 39.0. The van der Waals surface area contributed by atoms with Crippen molar-refractivity contribution < 1.29 is 29.3 Å². The topological polar surface area (TPSA) is 126 Å². The Labute approximate surface area is 237 Å². The van der Waals surface area contributed by atoms with Crippen LogP contribution >= 0.6 is 23.2 Å². The first-order chi connectivity index (χ1) is 18.3. The number of hydrogen-bond acceptors (Lipinski definition) is 5. The highest BCUT2D eigenvalue weighted by Gasteiger charge is 2.45. The summed E-state index contributed by atoms with van der Waals surface area (Å²) in [5.41, 5.74) is 2.95. The maximum absolute atomic E-state index is 13.1. The zero-order valence-electron chi connectivity index (χ0n) is 22.2. The van der Waals surface area contributed by atoms with Crippen LogP contribution in [0.2, 0.25) is 10.0 Å². The van der Waals surface area contributed by atoms with Crippen molar-refractivity contribution >= 4 is 52.1 Å². The Kier molecular flexibility index (Phi) is 9.80. The number of carbonyl (C=O) groups excluding carboxylic acids is 2. The first-order valence-corrected chi connectivity index (χ1v) is 13.2. The number of hydrogen-bond donors (Lipinski definition) is 3. The van der Waals surface area contributed by atoms with Crippen molar-refractivity contribution in [2.45, 2.75) is 46.1 Å². The van der Waals surface area contributed by atoms with Gasteiger partial charge in [-0.3, -0.25) is 4.79 Å². The van der Waals surface area contributed by atoms with Gasteiger partial charge in [-0.2, -0.15) is 0 Å². The number of aromatic nitrogens is 1. The lowest BCUT2D eigenvalue weighted by Crippen LogP contribution is -2.47. The smallest absolute Gasteiger partial charge is 0.467 e. The van der Waals surface area contributed by atoms with E-state index in [0.717, 1.165) is 29.3 Å². The lowest BCUT2D eigenvalue weighted by atomic mass is 9.76. The number of nitrogens with one attached hydrogen (secondary N) is 1. The predicted octanol–water partition coefficient (Wildman–Crippen LogP) is 6.70. The van der Waals surface area contributed by atoms with Crippen LogP contribution < -0.4 is 5.32 Å². The normalized spacial score (nSPS) is 18.5. The maximum Gasteiger partial charge on any atom is 0.503 e. The highest BCUT2D eigenvalue weighted by atomic mass is 35.5. The third-order valence-electron chi connectivity index (χ3n) is 7.59. The molecule has 3 atom stereocenters. The molecule has 0 spiro atoms. The summed E-state index contributed by atoms with van der Waals surface area (Å²) in [7, 11) is 1.34. The molecule has 1 aliphatic carbocycles. The molecule has 3 N–H and O–H groups in total. The van der Waals surface area contributed by atoms with E-state index in [1.165, 1.54) is 7.11 Å². The van der Waals surface area contributed by atoms with Crippen LogP contribution in [0.25, 0.3) is 22.2 Å². The van der Waals surface area contributed by atoms with Crippen LogP contribution in [-0.4, -0.2) is 46.4 Å². The maximum atomic E-state index is 13.1. The van der Waals surface area contributed by atoms with Crippen LogP contribution in [0.4, 0.5) is 4.79 Å². The number of pyridine rings is 1. The zero-order chi connectivity index (χ0) is 28.9. The standard InChI is InChI=1S/C28H30Cl2N2O3.CH2O3/c1-16-8-11-19(28(16,2)3)26(33)32-24(27(34)35-4)15-17-9-12-22-18(14-17)10-13-23(31-22)25-20(29)6-5-7-21(25)30;2-1(3)4/h5-7,9-10,12-14,16,19,24H,8,11,15H2,1-4H3,(H,32,33);(H2,2,3,4)/t16-,19-,24+;/m1./s1. The quantitative estimate of drug-likeness (QED) is 0.279. The summed E-state index contributed by atoms with van der Waals surface area (Å²) < 4.78 is 5.00. The fourth-order valence-electron chi connectivity index (χ4n) is 5.00. The third-order valence-corrected chi connectivity index (χ3v) is 8.22. The van der Waals surface area contributed by atoms with Crippen LogP contribution in [0.5, 0.6) is 0 Å². The van der Waals surface area contributed by atoms with Gasteiger partial charge in [-0.1, -0.05) is 62.2 Å². The molecular formula is C29H32Cl2N2O6. The van der Waals surface area contributed by atoms with Gasteiger partial charge in [-0.05, 0) is 60.1 Å². The second-order valence-electron chi connectivity index (χ2n) is 10.2. The number of fused-ring (bicyclic) bond motifs is 1. The Morgan fingerprint density at radius 1 is 1.08 bits per heavy atom. The number of carboxylic acid groups (broad SMARTS) is 2. The summed E-state index contributed by atoms with van der Waals surface area (Å²) in [6.45, 7) is 6.43. The molecule has 10 heteroatoms. The first kappa shape index (κ1) is 30.2.